The predicted molar refractivity (Wildman–Crippen MR) is 113 cm³/mol. The first-order valence-electron chi connectivity index (χ1n) is 8.26. The average molecular weight is 472 g/mol. The number of anilines is 2. The molecule has 0 radical (unpaired) electrons. The molecule has 3 nitrogen and oxygen atoms in total. The van der Waals surface area contributed by atoms with E-state index in [1.807, 2.05) is 78.6 Å². The van der Waals surface area contributed by atoms with Gasteiger partial charge in [-0.15, -0.1) is 0 Å². The molecule has 0 spiro atoms. The van der Waals surface area contributed by atoms with Crippen molar-refractivity contribution in [1.82, 2.24) is 0 Å². The molecule has 1 amide bonds. The Balaban J connectivity index is 1.82. The van der Waals surface area contributed by atoms with Crippen LogP contribution in [0.3, 0.4) is 0 Å². The summed E-state index contributed by atoms with van der Waals surface area (Å²) < 4.78 is 1.93. The van der Waals surface area contributed by atoms with E-state index in [1.165, 1.54) is 0 Å². The summed E-state index contributed by atoms with van der Waals surface area (Å²) in [6.07, 6.45) is -0.266. The van der Waals surface area contributed by atoms with Gasteiger partial charge in [-0.3, -0.25) is 9.69 Å². The molecule has 1 atom stereocenters. The van der Waals surface area contributed by atoms with E-state index < -0.39 is 0 Å². The summed E-state index contributed by atoms with van der Waals surface area (Å²) >= 11 is 7.08. The molecule has 130 valence electrons. The van der Waals surface area contributed by atoms with Gasteiger partial charge in [0.25, 0.3) is 5.91 Å². The normalized spacial score (nSPS) is 15.9. The van der Waals surface area contributed by atoms with Crippen LogP contribution in [0.5, 0.6) is 0 Å². The van der Waals surface area contributed by atoms with E-state index in [2.05, 4.69) is 37.2 Å². The third kappa shape index (κ3) is 2.95. The van der Waals surface area contributed by atoms with Crippen molar-refractivity contribution < 1.29 is 4.79 Å². The molecule has 1 N–H and O–H groups in total. The molecule has 5 heteroatoms. The van der Waals surface area contributed by atoms with Crippen LogP contribution in [0.1, 0.15) is 27.7 Å². The molecular formula is C21H16Br2N2O. The summed E-state index contributed by atoms with van der Waals surface area (Å²) in [5.41, 5.74) is 4.63. The molecule has 26 heavy (non-hydrogen) atoms. The largest absolute Gasteiger partial charge is 0.360 e. The Morgan fingerprint density at radius 1 is 0.962 bits per heavy atom. The molecule has 3 aromatic rings. The van der Waals surface area contributed by atoms with Crippen LogP contribution in [0.4, 0.5) is 11.4 Å². The molecule has 0 aliphatic carbocycles. The van der Waals surface area contributed by atoms with Crippen molar-refractivity contribution in [2.45, 2.75) is 13.1 Å². The minimum Gasteiger partial charge on any atom is -0.360 e. The molecule has 0 saturated carbocycles. The van der Waals surface area contributed by atoms with E-state index in [-0.39, 0.29) is 12.1 Å². The molecule has 0 fully saturated rings. The van der Waals surface area contributed by atoms with Crippen molar-refractivity contribution >= 4 is 49.1 Å². The third-order valence-electron chi connectivity index (χ3n) is 4.56. The minimum atomic E-state index is -0.266. The lowest BCUT2D eigenvalue weighted by molar-refractivity contribution is 0.0993. The second-order valence-corrected chi connectivity index (χ2v) is 7.99. The molecule has 4 rings (SSSR count). The number of carbonyl (C=O) groups excluding carboxylic acids is 1. The van der Waals surface area contributed by atoms with Gasteiger partial charge in [0, 0.05) is 25.8 Å². The number of hydrogen-bond acceptors (Lipinski definition) is 2. The number of hydrogen-bond donors (Lipinski definition) is 1. The second kappa shape index (κ2) is 6.89. The van der Waals surface area contributed by atoms with Gasteiger partial charge >= 0.3 is 0 Å². The molecule has 1 heterocycles. The summed E-state index contributed by atoms with van der Waals surface area (Å²) in [5, 5.41) is 3.54. The molecule has 0 saturated heterocycles. The Kier molecular flexibility index (Phi) is 4.59. The zero-order chi connectivity index (χ0) is 18.3. The standard InChI is InChI=1S/C21H16Br2N2O/c1-13-6-2-5-9-19(13)25-20(15-7-3-4-8-16(15)21(25)26)24-18-11-10-14(22)12-17(18)23/h2-12,20,24H,1H3. The molecule has 1 aliphatic rings. The van der Waals surface area contributed by atoms with E-state index >= 15 is 0 Å². The smallest absolute Gasteiger partial charge is 0.260 e. The summed E-state index contributed by atoms with van der Waals surface area (Å²) in [6, 6.07) is 21.7. The van der Waals surface area contributed by atoms with Crippen LogP contribution in [0.2, 0.25) is 0 Å². The summed E-state index contributed by atoms with van der Waals surface area (Å²) in [7, 11) is 0. The van der Waals surface area contributed by atoms with Crippen LogP contribution in [0, 0.1) is 6.92 Å². The van der Waals surface area contributed by atoms with Crippen LogP contribution in [-0.4, -0.2) is 5.91 Å². The number of amides is 1. The first-order valence-corrected chi connectivity index (χ1v) is 9.84. The van der Waals surface area contributed by atoms with Crippen molar-refractivity contribution in [3.8, 4) is 0 Å². The number of carbonyl (C=O) groups is 1. The van der Waals surface area contributed by atoms with Crippen LogP contribution in [0.15, 0.2) is 75.7 Å². The molecule has 1 aliphatic heterocycles. The average Bonchev–Trinajstić information content (AvgIpc) is 2.90. The van der Waals surface area contributed by atoms with Gasteiger partial charge in [-0.2, -0.15) is 0 Å². The zero-order valence-electron chi connectivity index (χ0n) is 14.0. The lowest BCUT2D eigenvalue weighted by Gasteiger charge is -2.28. The molecule has 1 unspecified atom stereocenters. The highest BCUT2D eigenvalue weighted by Gasteiger charge is 2.38. The first kappa shape index (κ1) is 17.3. The van der Waals surface area contributed by atoms with E-state index in [9.17, 15) is 4.79 Å². The quantitative estimate of drug-likeness (QED) is 0.486. The van der Waals surface area contributed by atoms with Crippen molar-refractivity contribution in [3.05, 3.63) is 92.4 Å². The van der Waals surface area contributed by atoms with Crippen molar-refractivity contribution in [3.63, 3.8) is 0 Å². The summed E-state index contributed by atoms with van der Waals surface area (Å²) in [6.45, 7) is 2.03. The highest BCUT2D eigenvalue weighted by Crippen LogP contribution is 2.40. The lowest BCUT2D eigenvalue weighted by atomic mass is 10.1. The van der Waals surface area contributed by atoms with Gasteiger partial charge in [0.1, 0.15) is 6.17 Å². The zero-order valence-corrected chi connectivity index (χ0v) is 17.2. The summed E-state index contributed by atoms with van der Waals surface area (Å²) in [5.74, 6) is 0.0145. The Morgan fingerprint density at radius 3 is 2.46 bits per heavy atom. The fourth-order valence-electron chi connectivity index (χ4n) is 3.29. The van der Waals surface area contributed by atoms with Gasteiger partial charge in [-0.1, -0.05) is 52.3 Å². The number of aryl methyl sites for hydroxylation is 1. The molecular weight excluding hydrogens is 456 g/mol. The highest BCUT2D eigenvalue weighted by molar-refractivity contribution is 9.11. The topological polar surface area (TPSA) is 32.3 Å². The number of halogens is 2. The number of rotatable bonds is 3. The first-order chi connectivity index (χ1) is 12.6. The summed E-state index contributed by atoms with van der Waals surface area (Å²) in [4.78, 5) is 15.0. The predicted octanol–water partition coefficient (Wildman–Crippen LogP) is 6.29. The van der Waals surface area contributed by atoms with Crippen LogP contribution in [-0.2, 0) is 0 Å². The monoisotopic (exact) mass is 470 g/mol. The maximum atomic E-state index is 13.2. The van der Waals surface area contributed by atoms with Gasteiger partial charge in [-0.25, -0.2) is 0 Å². The SMILES string of the molecule is Cc1ccccc1N1C(=O)c2ccccc2C1Nc1ccc(Br)cc1Br. The van der Waals surface area contributed by atoms with Crippen LogP contribution >= 0.6 is 31.9 Å². The third-order valence-corrected chi connectivity index (χ3v) is 5.71. The lowest BCUT2D eigenvalue weighted by Crippen LogP contribution is -2.32. The fourth-order valence-corrected chi connectivity index (χ4v) is 4.46. The van der Waals surface area contributed by atoms with Crippen LogP contribution < -0.4 is 10.2 Å². The van der Waals surface area contributed by atoms with Crippen LogP contribution in [0.25, 0.3) is 0 Å². The van der Waals surface area contributed by atoms with Gasteiger partial charge < -0.3 is 5.32 Å². The molecule has 0 aromatic heterocycles. The van der Waals surface area contributed by atoms with E-state index in [0.717, 1.165) is 37.0 Å². The Hall–Kier alpha value is -2.11. The fraction of sp³-hybridized carbons (Fsp3) is 0.0952. The van der Waals surface area contributed by atoms with E-state index in [0.29, 0.717) is 0 Å². The second-order valence-electron chi connectivity index (χ2n) is 6.22. The van der Waals surface area contributed by atoms with Crippen molar-refractivity contribution in [2.24, 2.45) is 0 Å². The minimum absolute atomic E-state index is 0.0145. The van der Waals surface area contributed by atoms with Gasteiger partial charge in [0.15, 0.2) is 0 Å². The van der Waals surface area contributed by atoms with Gasteiger partial charge in [0.05, 0.1) is 5.69 Å². The molecule has 0 bridgehead atoms. The Morgan fingerprint density at radius 2 is 1.69 bits per heavy atom. The number of fused-ring (bicyclic) bond motifs is 1. The highest BCUT2D eigenvalue weighted by atomic mass is 79.9. The van der Waals surface area contributed by atoms with Gasteiger partial charge in [0.2, 0.25) is 0 Å². The maximum Gasteiger partial charge on any atom is 0.260 e. The maximum absolute atomic E-state index is 13.2. The number of benzene rings is 3. The Bertz CT molecular complexity index is 1000. The number of nitrogens with one attached hydrogen (secondary N) is 1. The Labute approximate surface area is 169 Å². The number of para-hydroxylation sites is 1. The van der Waals surface area contributed by atoms with Crippen molar-refractivity contribution in [2.75, 3.05) is 10.2 Å². The van der Waals surface area contributed by atoms with Crippen molar-refractivity contribution in [1.29, 1.82) is 0 Å². The van der Waals surface area contributed by atoms with E-state index in [1.54, 1.807) is 0 Å². The van der Waals surface area contributed by atoms with E-state index in [4.69, 9.17) is 0 Å². The molecule has 3 aromatic carbocycles. The van der Waals surface area contributed by atoms with Gasteiger partial charge in [-0.05, 0) is 58.7 Å². The number of nitrogens with zero attached hydrogens (tertiary/aromatic N) is 1.